The highest BCUT2D eigenvalue weighted by Crippen LogP contribution is 2.54. The summed E-state index contributed by atoms with van der Waals surface area (Å²) in [6.07, 6.45) is 4.38. The summed E-state index contributed by atoms with van der Waals surface area (Å²) in [6.45, 7) is 10.6. The lowest BCUT2D eigenvalue weighted by atomic mass is 9.81. The zero-order valence-electron chi connectivity index (χ0n) is 18.9. The number of Topliss-reactive ketones (excluding diaryl/α,β-unsaturated/α-hetero) is 1. The maximum atomic E-state index is 13.3. The van der Waals surface area contributed by atoms with Crippen LogP contribution in [0.2, 0.25) is 0 Å². The average Bonchev–Trinajstić information content (AvgIpc) is 2.64. The molecule has 0 amide bonds. The van der Waals surface area contributed by atoms with Crippen molar-refractivity contribution in [1.29, 1.82) is 0 Å². The molecule has 1 N–H and O–H groups in total. The molecule has 2 aliphatic heterocycles. The number of esters is 1. The van der Waals surface area contributed by atoms with Crippen molar-refractivity contribution in [3.8, 4) is 17.2 Å². The van der Waals surface area contributed by atoms with Crippen molar-refractivity contribution in [2.45, 2.75) is 78.4 Å². The van der Waals surface area contributed by atoms with Crippen molar-refractivity contribution in [1.82, 2.24) is 0 Å². The lowest BCUT2D eigenvalue weighted by molar-refractivity contribution is -0.137. The first kappa shape index (κ1) is 22.8. The van der Waals surface area contributed by atoms with Crippen LogP contribution in [0.1, 0.15) is 88.2 Å². The van der Waals surface area contributed by atoms with Gasteiger partial charge in [0.25, 0.3) is 0 Å². The largest absolute Gasteiger partial charge is 0.489 e. The predicted molar refractivity (Wildman–Crippen MR) is 115 cm³/mol. The number of benzene rings is 1. The standard InChI is InChI=1S/C24H30O7/c1-7-8-15(11-17(26)27)18-22-16(9-10-24(5,6)31-22)21(30-14(4)25)19-20(28)12(2)13(3)29-23(18)19/h9-10,12-13,15H,7-8,11H2,1-6H3,(H,26,27)/t12-,13-,15-/m1/s1. The number of aliphatic carboxylic acids is 1. The highest BCUT2D eigenvalue weighted by Gasteiger charge is 2.42. The smallest absolute Gasteiger partial charge is 0.308 e. The minimum absolute atomic E-state index is 0.113. The predicted octanol–water partition coefficient (Wildman–Crippen LogP) is 4.75. The van der Waals surface area contributed by atoms with E-state index < -0.39 is 35.5 Å². The fraction of sp³-hybridized carbons (Fsp3) is 0.542. The van der Waals surface area contributed by atoms with Gasteiger partial charge < -0.3 is 19.3 Å². The van der Waals surface area contributed by atoms with Crippen LogP contribution in [0.25, 0.3) is 6.08 Å². The molecular weight excluding hydrogens is 400 g/mol. The number of carboxylic acid groups (broad SMARTS) is 1. The maximum Gasteiger partial charge on any atom is 0.308 e. The van der Waals surface area contributed by atoms with Gasteiger partial charge in [-0.2, -0.15) is 0 Å². The fourth-order valence-corrected chi connectivity index (χ4v) is 4.17. The second kappa shape index (κ2) is 8.36. The molecule has 1 aromatic carbocycles. The van der Waals surface area contributed by atoms with Gasteiger partial charge in [0, 0.05) is 18.4 Å². The van der Waals surface area contributed by atoms with Crippen LogP contribution >= 0.6 is 0 Å². The van der Waals surface area contributed by atoms with Crippen molar-refractivity contribution in [3.63, 3.8) is 0 Å². The summed E-state index contributed by atoms with van der Waals surface area (Å²) in [5, 5.41) is 9.57. The molecule has 7 heteroatoms. The van der Waals surface area contributed by atoms with Crippen LogP contribution in [0.4, 0.5) is 0 Å². The van der Waals surface area contributed by atoms with Gasteiger partial charge in [-0.15, -0.1) is 0 Å². The van der Waals surface area contributed by atoms with E-state index in [1.807, 2.05) is 26.8 Å². The van der Waals surface area contributed by atoms with Crippen LogP contribution in [0.15, 0.2) is 6.08 Å². The van der Waals surface area contributed by atoms with Gasteiger partial charge in [0.2, 0.25) is 0 Å². The molecule has 7 nitrogen and oxygen atoms in total. The number of ether oxygens (including phenoxy) is 3. The number of rotatable bonds is 6. The van der Waals surface area contributed by atoms with E-state index >= 15 is 0 Å². The van der Waals surface area contributed by atoms with Gasteiger partial charge >= 0.3 is 11.9 Å². The second-order valence-electron chi connectivity index (χ2n) is 8.88. The SMILES string of the molecule is CCC[C@H](CC(=O)O)c1c2c(c(OC(C)=O)c3c1O[C@H](C)[C@@H](C)C3=O)C=CC(C)(C)O2. The summed E-state index contributed by atoms with van der Waals surface area (Å²) in [4.78, 5) is 36.9. The Bertz CT molecular complexity index is 957. The number of carboxylic acids is 1. The third kappa shape index (κ3) is 4.31. The zero-order valence-corrected chi connectivity index (χ0v) is 18.9. The first-order chi connectivity index (χ1) is 14.5. The number of carbonyl (C=O) groups excluding carboxylic acids is 2. The monoisotopic (exact) mass is 430 g/mol. The summed E-state index contributed by atoms with van der Waals surface area (Å²) in [7, 11) is 0. The van der Waals surface area contributed by atoms with E-state index in [0.29, 0.717) is 23.3 Å². The zero-order chi connectivity index (χ0) is 23.1. The van der Waals surface area contributed by atoms with E-state index in [2.05, 4.69) is 0 Å². The first-order valence-electron chi connectivity index (χ1n) is 10.7. The van der Waals surface area contributed by atoms with Gasteiger partial charge in [0.05, 0.1) is 17.9 Å². The molecule has 2 aliphatic rings. The summed E-state index contributed by atoms with van der Waals surface area (Å²) < 4.78 is 18.0. The van der Waals surface area contributed by atoms with Gasteiger partial charge in [-0.1, -0.05) is 20.3 Å². The maximum absolute atomic E-state index is 13.3. The molecule has 0 aliphatic carbocycles. The van der Waals surface area contributed by atoms with Crippen molar-refractivity contribution in [2.75, 3.05) is 0 Å². The van der Waals surface area contributed by atoms with E-state index in [1.165, 1.54) is 6.92 Å². The van der Waals surface area contributed by atoms with Crippen molar-refractivity contribution in [3.05, 3.63) is 22.8 Å². The average molecular weight is 430 g/mol. The van der Waals surface area contributed by atoms with Crippen LogP contribution in [-0.4, -0.2) is 34.5 Å². The van der Waals surface area contributed by atoms with Gasteiger partial charge in [-0.05, 0) is 39.3 Å². The highest BCUT2D eigenvalue weighted by molar-refractivity contribution is 6.07. The van der Waals surface area contributed by atoms with Crippen LogP contribution in [0.3, 0.4) is 0 Å². The summed E-state index contributed by atoms with van der Waals surface area (Å²) in [5.41, 5.74) is 0.554. The molecule has 0 bridgehead atoms. The van der Waals surface area contributed by atoms with E-state index in [0.717, 1.165) is 6.42 Å². The van der Waals surface area contributed by atoms with Crippen LogP contribution in [0.5, 0.6) is 17.2 Å². The Labute approximate surface area is 182 Å². The molecule has 0 radical (unpaired) electrons. The molecule has 3 atom stereocenters. The number of hydrogen-bond donors (Lipinski definition) is 1. The fourth-order valence-electron chi connectivity index (χ4n) is 4.17. The van der Waals surface area contributed by atoms with E-state index in [9.17, 15) is 19.5 Å². The summed E-state index contributed by atoms with van der Waals surface area (Å²) in [5.74, 6) is -1.77. The topological polar surface area (TPSA) is 99.1 Å². The van der Waals surface area contributed by atoms with Crippen molar-refractivity contribution >= 4 is 23.8 Å². The number of ketones is 1. The Kier molecular flexibility index (Phi) is 6.16. The molecule has 2 heterocycles. The van der Waals surface area contributed by atoms with Crippen molar-refractivity contribution < 1.29 is 33.7 Å². The molecule has 31 heavy (non-hydrogen) atoms. The van der Waals surface area contributed by atoms with Gasteiger partial charge in [0.1, 0.15) is 28.8 Å². The molecule has 168 valence electrons. The quantitative estimate of drug-likeness (QED) is 0.513. The minimum atomic E-state index is -0.945. The van der Waals surface area contributed by atoms with Crippen LogP contribution in [-0.2, 0) is 9.59 Å². The van der Waals surface area contributed by atoms with Gasteiger partial charge in [-0.25, -0.2) is 0 Å². The Balaban J connectivity index is 2.41. The molecule has 3 rings (SSSR count). The number of hydrogen-bond acceptors (Lipinski definition) is 6. The van der Waals surface area contributed by atoms with E-state index in [1.54, 1.807) is 19.9 Å². The number of fused-ring (bicyclic) bond motifs is 2. The van der Waals surface area contributed by atoms with Crippen molar-refractivity contribution in [2.24, 2.45) is 5.92 Å². The molecule has 0 aromatic heterocycles. The van der Waals surface area contributed by atoms with E-state index in [4.69, 9.17) is 14.2 Å². The minimum Gasteiger partial charge on any atom is -0.489 e. The molecule has 0 spiro atoms. The molecule has 0 fully saturated rings. The third-order valence-electron chi connectivity index (χ3n) is 5.83. The summed E-state index contributed by atoms with van der Waals surface area (Å²) >= 11 is 0. The molecule has 1 aromatic rings. The van der Waals surface area contributed by atoms with E-state index in [-0.39, 0.29) is 29.3 Å². The normalized spacial score (nSPS) is 21.9. The molecular formula is C24H30O7. The Morgan fingerprint density at radius 1 is 1.26 bits per heavy atom. The lowest BCUT2D eigenvalue weighted by Gasteiger charge is -2.37. The highest BCUT2D eigenvalue weighted by atomic mass is 16.5. The Morgan fingerprint density at radius 2 is 1.94 bits per heavy atom. The molecule has 0 unspecified atom stereocenters. The second-order valence-corrected chi connectivity index (χ2v) is 8.88. The van der Waals surface area contributed by atoms with Crippen LogP contribution in [0, 0.1) is 5.92 Å². The lowest BCUT2D eigenvalue weighted by Crippen LogP contribution is -2.36. The number of carbonyl (C=O) groups is 3. The molecule has 0 saturated heterocycles. The van der Waals surface area contributed by atoms with Crippen LogP contribution < -0.4 is 14.2 Å². The van der Waals surface area contributed by atoms with Gasteiger partial charge in [0.15, 0.2) is 11.5 Å². The van der Waals surface area contributed by atoms with Gasteiger partial charge in [-0.3, -0.25) is 14.4 Å². The molecule has 0 saturated carbocycles. The first-order valence-corrected chi connectivity index (χ1v) is 10.7. The Hall–Kier alpha value is -2.83. The summed E-state index contributed by atoms with van der Waals surface area (Å²) in [6, 6.07) is 0. The Morgan fingerprint density at radius 3 is 2.52 bits per heavy atom. The third-order valence-corrected chi connectivity index (χ3v) is 5.83.